The molecule has 0 saturated carbocycles. The minimum atomic E-state index is 0.374. The zero-order valence-electron chi connectivity index (χ0n) is 19.1. The second-order valence-electron chi connectivity index (χ2n) is 9.60. The maximum absolute atomic E-state index is 4.95. The summed E-state index contributed by atoms with van der Waals surface area (Å²) >= 11 is 1.85. The van der Waals surface area contributed by atoms with E-state index in [-0.39, 0.29) is 0 Å². The SMILES string of the molecule is CCC(C)(C)C1CCc2c(sc3ncn4nc(Cc5ccc(-n6cnnn6)cc5)nc4c23)C1. The Morgan fingerprint density at radius 3 is 2.76 bits per heavy atom. The third kappa shape index (κ3) is 3.51. The Kier molecular flexibility index (Phi) is 4.76. The number of aryl methyl sites for hydroxylation is 1. The van der Waals surface area contributed by atoms with Crippen LogP contribution >= 0.6 is 11.3 Å². The molecule has 9 heteroatoms. The number of nitrogens with zero attached hydrogens (tertiary/aromatic N) is 8. The molecule has 0 radical (unpaired) electrons. The van der Waals surface area contributed by atoms with Crippen LogP contribution in [0.4, 0.5) is 0 Å². The monoisotopic (exact) mass is 458 g/mol. The summed E-state index contributed by atoms with van der Waals surface area (Å²) < 4.78 is 3.49. The van der Waals surface area contributed by atoms with Crippen LogP contribution in [0, 0.1) is 11.3 Å². The molecule has 33 heavy (non-hydrogen) atoms. The van der Waals surface area contributed by atoms with E-state index in [0.29, 0.717) is 11.8 Å². The van der Waals surface area contributed by atoms with E-state index in [9.17, 15) is 0 Å². The van der Waals surface area contributed by atoms with E-state index in [4.69, 9.17) is 15.1 Å². The Bertz CT molecular complexity index is 1430. The molecule has 8 nitrogen and oxygen atoms in total. The van der Waals surface area contributed by atoms with Gasteiger partial charge in [0, 0.05) is 11.3 Å². The van der Waals surface area contributed by atoms with Crippen molar-refractivity contribution in [3.8, 4) is 5.69 Å². The van der Waals surface area contributed by atoms with Gasteiger partial charge in [0.15, 0.2) is 11.5 Å². The van der Waals surface area contributed by atoms with Crippen molar-refractivity contribution >= 4 is 27.2 Å². The third-order valence-corrected chi connectivity index (χ3v) is 8.52. The van der Waals surface area contributed by atoms with E-state index >= 15 is 0 Å². The first-order valence-corrected chi connectivity index (χ1v) is 12.3. The standard InChI is InChI=1S/C24H26N8S/c1-4-24(2,3)16-7-10-18-19(12-16)33-23-21(18)22-27-20(28-32(22)13-25-23)11-15-5-8-17(9-6-15)31-14-26-29-30-31/h5-6,8-9,13-14,16H,4,7,10-12H2,1-3H3. The zero-order valence-corrected chi connectivity index (χ0v) is 19.9. The number of aromatic nitrogens is 8. The second-order valence-corrected chi connectivity index (χ2v) is 10.7. The first kappa shape index (κ1) is 20.4. The minimum absolute atomic E-state index is 0.374. The molecule has 168 valence electrons. The maximum atomic E-state index is 4.95. The molecule has 6 rings (SSSR count). The highest BCUT2D eigenvalue weighted by Crippen LogP contribution is 2.44. The van der Waals surface area contributed by atoms with Crippen molar-refractivity contribution in [2.45, 2.75) is 52.9 Å². The summed E-state index contributed by atoms with van der Waals surface area (Å²) in [4.78, 5) is 12.3. The van der Waals surface area contributed by atoms with Gasteiger partial charge in [-0.05, 0) is 64.3 Å². The van der Waals surface area contributed by atoms with Gasteiger partial charge in [-0.3, -0.25) is 0 Å². The zero-order chi connectivity index (χ0) is 22.6. The van der Waals surface area contributed by atoms with Gasteiger partial charge in [-0.2, -0.15) is 0 Å². The molecule has 5 aromatic rings. The molecular weight excluding hydrogens is 432 g/mol. The number of hydrogen-bond donors (Lipinski definition) is 0. The van der Waals surface area contributed by atoms with Crippen molar-refractivity contribution in [1.29, 1.82) is 0 Å². The highest BCUT2D eigenvalue weighted by atomic mass is 32.1. The largest absolute Gasteiger partial charge is 0.225 e. The van der Waals surface area contributed by atoms with Gasteiger partial charge in [0.05, 0.1) is 11.1 Å². The smallest absolute Gasteiger partial charge is 0.167 e. The van der Waals surface area contributed by atoms with Crippen molar-refractivity contribution in [1.82, 2.24) is 39.8 Å². The highest BCUT2D eigenvalue weighted by Gasteiger charge is 2.33. The summed E-state index contributed by atoms with van der Waals surface area (Å²) in [6.45, 7) is 7.13. The van der Waals surface area contributed by atoms with Gasteiger partial charge >= 0.3 is 0 Å². The highest BCUT2D eigenvalue weighted by molar-refractivity contribution is 7.19. The topological polar surface area (TPSA) is 86.7 Å². The minimum Gasteiger partial charge on any atom is -0.225 e. The normalized spacial score (nSPS) is 16.5. The molecule has 1 aromatic carbocycles. The molecule has 1 atom stereocenters. The van der Waals surface area contributed by atoms with Gasteiger partial charge in [0.1, 0.15) is 17.5 Å². The fourth-order valence-corrected chi connectivity index (χ4v) is 6.14. The van der Waals surface area contributed by atoms with Gasteiger partial charge in [0.25, 0.3) is 0 Å². The van der Waals surface area contributed by atoms with Gasteiger partial charge < -0.3 is 0 Å². The molecule has 4 heterocycles. The van der Waals surface area contributed by atoms with Crippen molar-refractivity contribution in [2.24, 2.45) is 11.3 Å². The Morgan fingerprint density at radius 1 is 1.15 bits per heavy atom. The molecule has 0 spiro atoms. The van der Waals surface area contributed by atoms with Crippen LogP contribution in [0.2, 0.25) is 0 Å². The van der Waals surface area contributed by atoms with E-state index in [1.165, 1.54) is 28.7 Å². The number of tetrazole rings is 1. The van der Waals surface area contributed by atoms with Crippen LogP contribution in [0.25, 0.3) is 21.6 Å². The molecule has 0 fully saturated rings. The second kappa shape index (κ2) is 7.69. The first-order chi connectivity index (χ1) is 16.0. The summed E-state index contributed by atoms with van der Waals surface area (Å²) in [5.41, 5.74) is 4.82. The number of rotatable bonds is 5. The van der Waals surface area contributed by atoms with Crippen molar-refractivity contribution < 1.29 is 0 Å². The lowest BCUT2D eigenvalue weighted by Crippen LogP contribution is -2.28. The lowest BCUT2D eigenvalue weighted by molar-refractivity contribution is 0.184. The van der Waals surface area contributed by atoms with Crippen LogP contribution in [0.5, 0.6) is 0 Å². The fraction of sp³-hybridized carbons (Fsp3) is 0.417. The van der Waals surface area contributed by atoms with Gasteiger partial charge in [-0.25, -0.2) is 19.2 Å². The molecule has 1 aliphatic rings. The van der Waals surface area contributed by atoms with E-state index < -0.39 is 0 Å². The fourth-order valence-electron chi connectivity index (χ4n) is 4.88. The lowest BCUT2D eigenvalue weighted by atomic mass is 9.70. The van der Waals surface area contributed by atoms with Gasteiger partial charge in [-0.15, -0.1) is 21.5 Å². The van der Waals surface area contributed by atoms with Crippen molar-refractivity contribution in [3.05, 3.63) is 58.7 Å². The molecule has 1 aliphatic carbocycles. The first-order valence-electron chi connectivity index (χ1n) is 11.5. The van der Waals surface area contributed by atoms with Crippen molar-refractivity contribution in [3.63, 3.8) is 0 Å². The van der Waals surface area contributed by atoms with Crippen LogP contribution in [0.1, 0.15) is 55.4 Å². The molecule has 0 saturated heterocycles. The van der Waals surface area contributed by atoms with Gasteiger partial charge in [0.2, 0.25) is 0 Å². The Hall–Kier alpha value is -3.20. The maximum Gasteiger partial charge on any atom is 0.167 e. The number of hydrogen-bond acceptors (Lipinski definition) is 7. The number of benzene rings is 1. The predicted octanol–water partition coefficient (Wildman–Crippen LogP) is 4.45. The molecular formula is C24H26N8S. The summed E-state index contributed by atoms with van der Waals surface area (Å²) in [5, 5.41) is 17.3. The molecule has 4 aromatic heterocycles. The van der Waals surface area contributed by atoms with Gasteiger partial charge in [-0.1, -0.05) is 39.3 Å². The average molecular weight is 459 g/mol. The summed E-state index contributed by atoms with van der Waals surface area (Å²) in [7, 11) is 0. The van der Waals surface area contributed by atoms with Crippen LogP contribution in [-0.4, -0.2) is 39.8 Å². The van der Waals surface area contributed by atoms with E-state index in [1.54, 1.807) is 11.0 Å². The summed E-state index contributed by atoms with van der Waals surface area (Å²) in [6, 6.07) is 8.15. The molecule has 0 N–H and O–H groups in total. The van der Waals surface area contributed by atoms with Crippen molar-refractivity contribution in [2.75, 3.05) is 0 Å². The third-order valence-electron chi connectivity index (χ3n) is 7.36. The predicted molar refractivity (Wildman–Crippen MR) is 128 cm³/mol. The summed E-state index contributed by atoms with van der Waals surface area (Å²) in [6.07, 6.45) is 8.76. The molecule has 1 unspecified atom stereocenters. The Labute approximate surface area is 195 Å². The van der Waals surface area contributed by atoms with E-state index in [1.807, 2.05) is 34.3 Å². The van der Waals surface area contributed by atoms with Crippen LogP contribution < -0.4 is 0 Å². The number of fused-ring (bicyclic) bond motifs is 5. The molecule has 0 aliphatic heterocycles. The van der Waals surface area contributed by atoms with Crippen LogP contribution in [0.3, 0.4) is 0 Å². The lowest BCUT2D eigenvalue weighted by Gasteiger charge is -2.36. The van der Waals surface area contributed by atoms with Crippen LogP contribution in [0.15, 0.2) is 36.9 Å². The Balaban J connectivity index is 1.32. The quantitative estimate of drug-likeness (QED) is 0.387. The van der Waals surface area contributed by atoms with Crippen LogP contribution in [-0.2, 0) is 19.3 Å². The van der Waals surface area contributed by atoms with E-state index in [0.717, 1.165) is 46.3 Å². The number of thiophene rings is 1. The Morgan fingerprint density at radius 2 is 2.00 bits per heavy atom. The molecule has 0 bridgehead atoms. The average Bonchev–Trinajstić information content (AvgIpc) is 3.56. The molecule has 0 amide bonds. The summed E-state index contributed by atoms with van der Waals surface area (Å²) in [5.74, 6) is 1.53. The van der Waals surface area contributed by atoms with E-state index in [2.05, 4.69) is 48.4 Å².